The van der Waals surface area contributed by atoms with Gasteiger partial charge in [0.15, 0.2) is 0 Å². The number of aliphatic imine (C=N–C) groups is 1. The van der Waals surface area contributed by atoms with Crippen LogP contribution in [0.5, 0.6) is 0 Å². The molecule has 1 amide bonds. The highest BCUT2D eigenvalue weighted by Gasteiger charge is 2.26. The summed E-state index contributed by atoms with van der Waals surface area (Å²) in [5.41, 5.74) is 0. The molecule has 0 aromatic carbocycles. The summed E-state index contributed by atoms with van der Waals surface area (Å²) >= 11 is 0. The zero-order chi connectivity index (χ0) is 21.2. The minimum absolute atomic E-state index is 0.00539. The van der Waals surface area contributed by atoms with E-state index in [0.29, 0.717) is 38.0 Å². The predicted molar refractivity (Wildman–Crippen MR) is 108 cm³/mol. The van der Waals surface area contributed by atoms with E-state index in [1.807, 2.05) is 19.9 Å². The highest BCUT2D eigenvalue weighted by atomic mass is 19.4. The summed E-state index contributed by atoms with van der Waals surface area (Å²) in [5.74, 6) is 0.500. The van der Waals surface area contributed by atoms with Crippen LogP contribution in [0.3, 0.4) is 0 Å². The van der Waals surface area contributed by atoms with Crippen molar-refractivity contribution in [3.8, 4) is 0 Å². The molecule has 0 aromatic heterocycles. The Morgan fingerprint density at radius 2 is 2.04 bits per heavy atom. The first-order valence-electron chi connectivity index (χ1n) is 9.70. The average molecular weight is 400 g/mol. The van der Waals surface area contributed by atoms with Gasteiger partial charge in [0, 0.05) is 50.6 Å². The molecule has 0 saturated carbocycles. The summed E-state index contributed by atoms with van der Waals surface area (Å²) in [5, 5.41) is 0. The molecule has 1 aliphatic heterocycles. The van der Waals surface area contributed by atoms with Crippen LogP contribution in [0.25, 0.3) is 0 Å². The fourth-order valence-electron chi connectivity index (χ4n) is 3.40. The molecule has 0 aromatic rings. The number of amides is 1. The normalized spacial score (nSPS) is 19.1. The first kappa shape index (κ1) is 24.0. The highest BCUT2D eigenvalue weighted by Crippen LogP contribution is 2.26. The van der Waals surface area contributed by atoms with Crippen LogP contribution >= 0.6 is 0 Å². The van der Waals surface area contributed by atoms with Crippen molar-refractivity contribution in [1.82, 2.24) is 9.80 Å². The molecule has 0 fully saturated rings. The number of allylic oxidation sites excluding steroid dienone is 3. The standard InChI is InChI=1S/C21H32F3N3O/c1-5-7-19(8-10-25-4)17(2)16-18(3)20(28)27-12-6-11-26(14-15-27)13-9-21(22,23)24/h5-7,9,12-13,17-19H,4,8,10-11,14-16H2,1-3H3/b7-5-,13-9+. The molecule has 28 heavy (non-hydrogen) atoms. The molecular formula is C21H32F3N3O. The molecule has 0 saturated heterocycles. The molecule has 0 N–H and O–H groups in total. The van der Waals surface area contributed by atoms with Crippen molar-refractivity contribution in [2.75, 3.05) is 26.2 Å². The molecule has 7 heteroatoms. The van der Waals surface area contributed by atoms with Gasteiger partial charge in [-0.25, -0.2) is 0 Å². The van der Waals surface area contributed by atoms with Crippen LogP contribution in [0, 0.1) is 17.8 Å². The maximum Gasteiger partial charge on any atom is 0.411 e. The van der Waals surface area contributed by atoms with Crippen LogP contribution in [0.1, 0.15) is 33.6 Å². The van der Waals surface area contributed by atoms with Gasteiger partial charge in [0.05, 0.1) is 0 Å². The summed E-state index contributed by atoms with van der Waals surface area (Å²) in [7, 11) is 0. The van der Waals surface area contributed by atoms with Crippen molar-refractivity contribution in [3.05, 3.63) is 36.7 Å². The zero-order valence-electron chi connectivity index (χ0n) is 17.0. The van der Waals surface area contributed by atoms with Gasteiger partial charge in [0.25, 0.3) is 0 Å². The molecule has 1 heterocycles. The van der Waals surface area contributed by atoms with Gasteiger partial charge < -0.3 is 14.8 Å². The van der Waals surface area contributed by atoms with E-state index in [1.165, 1.54) is 0 Å². The van der Waals surface area contributed by atoms with Crippen molar-refractivity contribution in [1.29, 1.82) is 0 Å². The van der Waals surface area contributed by atoms with Gasteiger partial charge in [0.1, 0.15) is 0 Å². The van der Waals surface area contributed by atoms with Gasteiger partial charge in [-0.15, -0.1) is 0 Å². The molecule has 3 unspecified atom stereocenters. The monoisotopic (exact) mass is 399 g/mol. The summed E-state index contributed by atoms with van der Waals surface area (Å²) in [6.07, 6.45) is 6.17. The third-order valence-electron chi connectivity index (χ3n) is 4.95. The van der Waals surface area contributed by atoms with Crippen LogP contribution in [0.4, 0.5) is 13.2 Å². The van der Waals surface area contributed by atoms with Crippen molar-refractivity contribution in [2.45, 2.75) is 39.8 Å². The lowest BCUT2D eigenvalue weighted by Crippen LogP contribution is -2.35. The topological polar surface area (TPSA) is 35.9 Å². The largest absolute Gasteiger partial charge is 0.411 e. The maximum absolute atomic E-state index is 12.8. The van der Waals surface area contributed by atoms with E-state index in [-0.39, 0.29) is 17.9 Å². The quantitative estimate of drug-likeness (QED) is 0.417. The summed E-state index contributed by atoms with van der Waals surface area (Å²) < 4.78 is 37.0. The Kier molecular flexibility index (Phi) is 10.0. The fourth-order valence-corrected chi connectivity index (χ4v) is 3.40. The van der Waals surface area contributed by atoms with Crippen molar-refractivity contribution in [2.24, 2.45) is 22.7 Å². The van der Waals surface area contributed by atoms with Crippen LogP contribution in [-0.4, -0.2) is 54.8 Å². The van der Waals surface area contributed by atoms with Crippen LogP contribution in [0.2, 0.25) is 0 Å². The van der Waals surface area contributed by atoms with Gasteiger partial charge in [0.2, 0.25) is 5.91 Å². The first-order valence-corrected chi connectivity index (χ1v) is 9.70. The summed E-state index contributed by atoms with van der Waals surface area (Å²) in [6.45, 7) is 11.3. The van der Waals surface area contributed by atoms with Crippen LogP contribution < -0.4 is 0 Å². The molecule has 0 radical (unpaired) electrons. The molecular weight excluding hydrogens is 367 g/mol. The third-order valence-corrected chi connectivity index (χ3v) is 4.95. The van der Waals surface area contributed by atoms with Gasteiger partial charge >= 0.3 is 6.18 Å². The number of carbonyl (C=O) groups is 1. The first-order chi connectivity index (χ1) is 13.2. The SMILES string of the molecule is C=NCCC(/C=C\C)C(C)CC(C)C(=O)N1C=CCN(/C=C/C(F)(F)F)CC1. The number of rotatable bonds is 9. The maximum atomic E-state index is 12.8. The molecule has 0 spiro atoms. The van der Waals surface area contributed by atoms with E-state index >= 15 is 0 Å². The van der Waals surface area contributed by atoms with Crippen LogP contribution in [0.15, 0.2) is 41.7 Å². The van der Waals surface area contributed by atoms with Gasteiger partial charge in [-0.3, -0.25) is 4.79 Å². The van der Waals surface area contributed by atoms with Crippen LogP contribution in [-0.2, 0) is 4.79 Å². The lowest BCUT2D eigenvalue weighted by molar-refractivity contribution is -0.133. The Labute approximate surface area is 166 Å². The van der Waals surface area contributed by atoms with E-state index in [4.69, 9.17) is 0 Å². The van der Waals surface area contributed by atoms with Gasteiger partial charge in [-0.2, -0.15) is 13.2 Å². The molecule has 3 atom stereocenters. The van der Waals surface area contributed by atoms with Crippen molar-refractivity contribution >= 4 is 12.6 Å². The number of hydrogen-bond donors (Lipinski definition) is 0. The molecule has 4 nitrogen and oxygen atoms in total. The smallest absolute Gasteiger partial charge is 0.372 e. The van der Waals surface area contributed by atoms with Crippen molar-refractivity contribution < 1.29 is 18.0 Å². The number of nitrogens with zero attached hydrogens (tertiary/aromatic N) is 3. The average Bonchev–Trinajstić information content (AvgIpc) is 2.87. The highest BCUT2D eigenvalue weighted by molar-refractivity contribution is 5.79. The molecule has 1 aliphatic rings. The zero-order valence-corrected chi connectivity index (χ0v) is 17.0. The second-order valence-corrected chi connectivity index (χ2v) is 7.31. The Morgan fingerprint density at radius 1 is 1.32 bits per heavy atom. The van der Waals surface area contributed by atoms with Gasteiger partial charge in [-0.1, -0.05) is 26.0 Å². The third kappa shape index (κ3) is 8.76. The Hall–Kier alpha value is -2.05. The van der Waals surface area contributed by atoms with E-state index in [1.54, 1.807) is 22.1 Å². The fraction of sp³-hybridized carbons (Fsp3) is 0.619. The lowest BCUT2D eigenvalue weighted by Gasteiger charge is -2.27. The molecule has 1 rings (SSSR count). The minimum atomic E-state index is -4.33. The van der Waals surface area contributed by atoms with E-state index in [0.717, 1.165) is 19.0 Å². The Morgan fingerprint density at radius 3 is 2.64 bits per heavy atom. The summed E-state index contributed by atoms with van der Waals surface area (Å²) in [6, 6.07) is 0. The van der Waals surface area contributed by atoms with E-state index < -0.39 is 6.18 Å². The van der Waals surface area contributed by atoms with E-state index in [2.05, 4.69) is 24.7 Å². The second-order valence-electron chi connectivity index (χ2n) is 7.31. The molecule has 0 bridgehead atoms. The minimum Gasteiger partial charge on any atom is -0.372 e. The lowest BCUT2D eigenvalue weighted by atomic mass is 9.83. The number of halogens is 3. The summed E-state index contributed by atoms with van der Waals surface area (Å²) in [4.78, 5) is 19.9. The number of alkyl halides is 3. The number of carbonyl (C=O) groups excluding carboxylic acids is 1. The number of hydrogen-bond acceptors (Lipinski definition) is 3. The van der Waals surface area contributed by atoms with Gasteiger partial charge in [-0.05, 0) is 44.4 Å². The second kappa shape index (κ2) is 11.7. The van der Waals surface area contributed by atoms with Crippen molar-refractivity contribution in [3.63, 3.8) is 0 Å². The Balaban J connectivity index is 2.62. The predicted octanol–water partition coefficient (Wildman–Crippen LogP) is 4.67. The van der Waals surface area contributed by atoms with E-state index in [9.17, 15) is 18.0 Å². The molecule has 0 aliphatic carbocycles. The molecule has 158 valence electrons. The Bertz CT molecular complexity index is 584.